The number of amides is 1. The minimum absolute atomic E-state index is 0.0123. The SMILES string of the molecule is CCC[C@H](CC(=O)CNC(=O)c1cc(Cl)ccc1Cl)[B-]12OC(=O)[C@H]3CSC[C@@H](C(=O)O1)[N+]32C. The third kappa shape index (κ3) is 3.94. The number of hydrogen-bond donors (Lipinski definition) is 1. The van der Waals surface area contributed by atoms with Crippen LogP contribution in [0.25, 0.3) is 0 Å². The van der Waals surface area contributed by atoms with Gasteiger partial charge in [-0.1, -0.05) is 43.0 Å². The molecule has 33 heavy (non-hydrogen) atoms. The summed E-state index contributed by atoms with van der Waals surface area (Å²) in [6.45, 7) is -0.657. The third-order valence-electron chi connectivity index (χ3n) is 7.15. The van der Waals surface area contributed by atoms with Crippen molar-refractivity contribution >= 4 is 65.3 Å². The van der Waals surface area contributed by atoms with Crippen LogP contribution in [0, 0.1) is 0 Å². The fourth-order valence-electron chi connectivity index (χ4n) is 5.45. The van der Waals surface area contributed by atoms with Crippen LogP contribution in [-0.2, 0) is 23.7 Å². The number of nitrogens with zero attached hydrogens (tertiary/aromatic N) is 1. The number of hydrogen-bond acceptors (Lipinski definition) is 7. The molecule has 5 atom stereocenters. The lowest BCUT2D eigenvalue weighted by Gasteiger charge is -2.51. The van der Waals surface area contributed by atoms with Gasteiger partial charge in [0.25, 0.3) is 5.91 Å². The highest BCUT2D eigenvalue weighted by Crippen LogP contribution is 2.53. The molecule has 2 unspecified atom stereocenters. The minimum atomic E-state index is -2.38. The van der Waals surface area contributed by atoms with Crippen LogP contribution in [0.2, 0.25) is 15.9 Å². The maximum Gasteiger partial charge on any atom is 0.587 e. The van der Waals surface area contributed by atoms with E-state index in [0.717, 1.165) is 0 Å². The van der Waals surface area contributed by atoms with Gasteiger partial charge in [0.2, 0.25) is 0 Å². The number of Topliss-reactive ketones (excluding diaryl/α,β-unsaturated/α-hetero) is 1. The summed E-state index contributed by atoms with van der Waals surface area (Å²) in [5.41, 5.74) is 0.175. The Bertz CT molecular complexity index is 998. The van der Waals surface area contributed by atoms with Crippen LogP contribution in [0.4, 0.5) is 0 Å². The van der Waals surface area contributed by atoms with Crippen molar-refractivity contribution < 1.29 is 32.9 Å². The summed E-state index contributed by atoms with van der Waals surface area (Å²) in [5, 5.41) is 3.16. The van der Waals surface area contributed by atoms with Gasteiger partial charge in [-0.25, -0.2) is 9.59 Å². The number of carbonyl (C=O) groups is 4. The number of benzene rings is 1. The number of carbonyl (C=O) groups excluding carboxylic acids is 4. The van der Waals surface area contributed by atoms with E-state index < -0.39 is 30.5 Å². The largest absolute Gasteiger partial charge is 0.600 e. The summed E-state index contributed by atoms with van der Waals surface area (Å²) in [6.07, 6.45) is 1.27. The molecule has 3 saturated heterocycles. The van der Waals surface area contributed by atoms with Gasteiger partial charge in [-0.15, -0.1) is 11.8 Å². The Balaban J connectivity index is 1.51. The van der Waals surface area contributed by atoms with Crippen molar-refractivity contribution in [3.63, 3.8) is 0 Å². The monoisotopic (exact) mass is 514 g/mol. The Morgan fingerprint density at radius 2 is 1.85 bits per heavy atom. The maximum atomic E-state index is 12.9. The second-order valence-corrected chi connectivity index (χ2v) is 10.9. The van der Waals surface area contributed by atoms with Gasteiger partial charge in [0.15, 0.2) is 12.1 Å². The van der Waals surface area contributed by atoms with Crippen molar-refractivity contribution in [3.8, 4) is 0 Å². The van der Waals surface area contributed by atoms with Gasteiger partial charge in [-0.2, -0.15) is 0 Å². The molecule has 1 amide bonds. The normalized spacial score (nSPS) is 30.9. The van der Waals surface area contributed by atoms with Gasteiger partial charge in [0.1, 0.15) is 5.78 Å². The Labute approximate surface area is 206 Å². The molecular formula is C21H25BCl2N2O6S. The van der Waals surface area contributed by atoms with Gasteiger partial charge in [0.05, 0.1) is 28.6 Å². The number of rotatable bonds is 8. The first-order valence-electron chi connectivity index (χ1n) is 10.9. The van der Waals surface area contributed by atoms with Gasteiger partial charge < -0.3 is 19.0 Å². The standard InChI is InChI=1S/C21H25BCl2N2O6S/c1-3-4-12(7-14(27)9-25-19(28)15-8-13(23)5-6-16(15)24)22-26(2)17(20(29)31-22)10-33-11-18(26)21(30)32-22/h5-6,8,12,17-18H,3-4,7,9-11H2,1-2H3,(H,25,28)/t12-,17-,18+,22?,26?/m1/s1. The lowest BCUT2D eigenvalue weighted by Crippen LogP contribution is -2.71. The molecule has 3 aliphatic heterocycles. The van der Waals surface area contributed by atoms with Crippen LogP contribution in [0.5, 0.6) is 0 Å². The Hall–Kier alpha value is -1.75. The molecule has 3 fully saturated rings. The van der Waals surface area contributed by atoms with Gasteiger partial charge in [0, 0.05) is 12.1 Å². The van der Waals surface area contributed by atoms with E-state index in [1.165, 1.54) is 12.1 Å². The summed E-state index contributed by atoms with van der Waals surface area (Å²) < 4.78 is 11.8. The predicted octanol–water partition coefficient (Wildman–Crippen LogP) is 2.84. The van der Waals surface area contributed by atoms with E-state index in [4.69, 9.17) is 32.5 Å². The van der Waals surface area contributed by atoms with Crippen molar-refractivity contribution in [1.82, 2.24) is 5.32 Å². The minimum Gasteiger partial charge on any atom is -0.600 e. The molecule has 0 bridgehead atoms. The molecule has 4 rings (SSSR count). The first-order valence-corrected chi connectivity index (χ1v) is 12.8. The fourth-order valence-corrected chi connectivity index (χ4v) is 7.32. The van der Waals surface area contributed by atoms with Crippen molar-refractivity contribution in [2.24, 2.45) is 0 Å². The highest BCUT2D eigenvalue weighted by molar-refractivity contribution is 7.99. The first-order chi connectivity index (χ1) is 15.6. The van der Waals surface area contributed by atoms with Crippen molar-refractivity contribution in [2.45, 2.75) is 44.1 Å². The van der Waals surface area contributed by atoms with Crippen molar-refractivity contribution in [3.05, 3.63) is 33.8 Å². The highest BCUT2D eigenvalue weighted by Gasteiger charge is 2.76. The van der Waals surface area contributed by atoms with Gasteiger partial charge >= 0.3 is 18.6 Å². The van der Waals surface area contributed by atoms with E-state index in [1.54, 1.807) is 17.8 Å². The summed E-state index contributed by atoms with van der Waals surface area (Å²) in [6, 6.07) is 3.54. The van der Waals surface area contributed by atoms with Crippen molar-refractivity contribution in [1.29, 1.82) is 0 Å². The van der Waals surface area contributed by atoms with E-state index >= 15 is 0 Å². The topological polar surface area (TPSA) is 98.8 Å². The van der Waals surface area contributed by atoms with Gasteiger partial charge in [-0.05, 0) is 30.4 Å². The highest BCUT2D eigenvalue weighted by atomic mass is 35.5. The summed E-state index contributed by atoms with van der Waals surface area (Å²) in [5.74, 6) is -0.888. The van der Waals surface area contributed by atoms with E-state index in [2.05, 4.69) is 5.32 Å². The van der Waals surface area contributed by atoms with E-state index in [0.29, 0.717) is 29.4 Å². The summed E-state index contributed by atoms with van der Waals surface area (Å²) in [7, 11) is 1.85. The average Bonchev–Trinajstić information content (AvgIpc) is 3.14. The number of nitrogens with one attached hydrogen (secondary N) is 1. The lowest BCUT2D eigenvalue weighted by atomic mass is 9.52. The van der Waals surface area contributed by atoms with Crippen LogP contribution in [-0.4, -0.2) is 71.9 Å². The molecule has 8 nitrogen and oxygen atoms in total. The molecule has 178 valence electrons. The Kier molecular flexibility index (Phi) is 6.75. The first kappa shape index (κ1) is 24.4. The number of ketones is 1. The van der Waals surface area contributed by atoms with Crippen LogP contribution in [0.3, 0.4) is 0 Å². The molecular weight excluding hydrogens is 490 g/mol. The van der Waals surface area contributed by atoms with Crippen LogP contribution >= 0.6 is 35.0 Å². The average molecular weight is 515 g/mol. The second kappa shape index (κ2) is 9.13. The molecule has 0 spiro atoms. The molecule has 3 aliphatic rings. The molecule has 12 heteroatoms. The smallest absolute Gasteiger partial charge is 0.587 e. The van der Waals surface area contributed by atoms with Crippen LogP contribution < -0.4 is 5.32 Å². The Morgan fingerprint density at radius 3 is 2.45 bits per heavy atom. The number of quaternary nitrogens is 1. The van der Waals surface area contributed by atoms with Crippen LogP contribution in [0.1, 0.15) is 36.5 Å². The lowest BCUT2D eigenvalue weighted by molar-refractivity contribution is -0.840. The number of halogens is 2. The van der Waals surface area contributed by atoms with Gasteiger partial charge in [-0.3, -0.25) is 9.59 Å². The third-order valence-corrected chi connectivity index (χ3v) is 8.82. The van der Waals surface area contributed by atoms with Crippen LogP contribution in [0.15, 0.2) is 18.2 Å². The number of likely N-dealkylation sites (N-methyl/N-ethyl adjacent to an activating group) is 1. The molecule has 1 aromatic rings. The maximum absolute atomic E-state index is 12.9. The van der Waals surface area contributed by atoms with E-state index in [-0.39, 0.29) is 45.7 Å². The molecule has 0 saturated carbocycles. The molecule has 0 aliphatic carbocycles. The zero-order chi connectivity index (χ0) is 24.0. The second-order valence-electron chi connectivity index (χ2n) is 8.99. The molecule has 1 N–H and O–H groups in total. The molecule has 0 radical (unpaired) electrons. The zero-order valence-electron chi connectivity index (χ0n) is 18.3. The van der Waals surface area contributed by atoms with E-state index in [1.807, 2.05) is 14.0 Å². The predicted molar refractivity (Wildman–Crippen MR) is 126 cm³/mol. The molecule has 0 aromatic heterocycles. The zero-order valence-corrected chi connectivity index (χ0v) is 20.7. The van der Waals surface area contributed by atoms with E-state index in [9.17, 15) is 19.2 Å². The quantitative estimate of drug-likeness (QED) is 0.532. The molecule has 1 aromatic carbocycles. The molecule has 3 heterocycles. The summed E-state index contributed by atoms with van der Waals surface area (Å²) in [4.78, 5) is 50.9. The fraction of sp³-hybridized carbons (Fsp3) is 0.524. The Morgan fingerprint density at radius 1 is 1.21 bits per heavy atom. The number of thioether (sulfide) groups is 1. The summed E-state index contributed by atoms with van der Waals surface area (Å²) >= 11 is 13.5. The van der Waals surface area contributed by atoms with Crippen molar-refractivity contribution in [2.75, 3.05) is 25.1 Å².